The molecular weight excluding hydrogens is 352 g/mol. The fourth-order valence-corrected chi connectivity index (χ4v) is 3.13. The van der Waals surface area contributed by atoms with Crippen LogP contribution in [0.2, 0.25) is 0 Å². The van der Waals surface area contributed by atoms with Crippen molar-refractivity contribution >= 4 is 27.8 Å². The third kappa shape index (κ3) is 4.62. The van der Waals surface area contributed by atoms with E-state index >= 15 is 0 Å². The van der Waals surface area contributed by atoms with Crippen molar-refractivity contribution in [3.05, 3.63) is 35.4 Å². The van der Waals surface area contributed by atoms with Gasteiger partial charge < -0.3 is 9.84 Å². The second-order valence-electron chi connectivity index (χ2n) is 5.41. The van der Waals surface area contributed by atoms with Crippen LogP contribution >= 0.6 is 0 Å². The molecule has 0 saturated heterocycles. The van der Waals surface area contributed by atoms with E-state index < -0.39 is 34.4 Å². The molecule has 0 unspecified atom stereocenters. The molecule has 1 aromatic carbocycles. The van der Waals surface area contributed by atoms with Gasteiger partial charge in [0.05, 0.1) is 37.1 Å². The first-order valence-corrected chi connectivity index (χ1v) is 9.26. The molecule has 0 aliphatic carbocycles. The number of ether oxygens (including phenoxy) is 1. The molecule has 1 aromatic rings. The molecule has 0 aromatic heterocycles. The summed E-state index contributed by atoms with van der Waals surface area (Å²) >= 11 is 0. The van der Waals surface area contributed by atoms with E-state index in [4.69, 9.17) is 9.84 Å². The van der Waals surface area contributed by atoms with Crippen LogP contribution in [0.1, 0.15) is 20.7 Å². The molecule has 0 saturated carbocycles. The molecule has 1 aliphatic rings. The van der Waals surface area contributed by atoms with Crippen molar-refractivity contribution in [2.45, 2.75) is 0 Å². The zero-order chi connectivity index (χ0) is 18.6. The summed E-state index contributed by atoms with van der Waals surface area (Å²) in [7, 11) is -3.66. The van der Waals surface area contributed by atoms with Gasteiger partial charge in [-0.2, -0.15) is 4.31 Å². The number of fused-ring (bicyclic) bond motifs is 1. The number of hydrogen-bond donors (Lipinski definition) is 1. The molecule has 0 spiro atoms. The summed E-state index contributed by atoms with van der Waals surface area (Å²) in [6.45, 7) is -0.780. The molecule has 136 valence electrons. The predicted molar refractivity (Wildman–Crippen MR) is 86.7 cm³/mol. The second-order valence-corrected chi connectivity index (χ2v) is 7.39. The fourth-order valence-electron chi connectivity index (χ4n) is 2.38. The molecular formula is C15H18N2O7S. The number of imide groups is 1. The quantitative estimate of drug-likeness (QED) is 0.465. The number of hydrogen-bond acceptors (Lipinski definition) is 6. The van der Waals surface area contributed by atoms with E-state index in [1.807, 2.05) is 0 Å². The Morgan fingerprint density at radius 2 is 1.72 bits per heavy atom. The van der Waals surface area contributed by atoms with E-state index in [9.17, 15) is 22.8 Å². The molecule has 1 aliphatic heterocycles. The average Bonchev–Trinajstić information content (AvgIpc) is 2.77. The van der Waals surface area contributed by atoms with Crippen LogP contribution in [0.25, 0.3) is 0 Å². The SMILES string of the molecule is CS(=O)(=O)N(CCOCCN1C(=O)c2ccccc2C1=O)CC(=O)O. The van der Waals surface area contributed by atoms with Crippen molar-refractivity contribution < 1.29 is 32.6 Å². The minimum Gasteiger partial charge on any atom is -0.480 e. The van der Waals surface area contributed by atoms with Crippen molar-refractivity contribution in [1.29, 1.82) is 0 Å². The van der Waals surface area contributed by atoms with Crippen molar-refractivity contribution in [2.24, 2.45) is 0 Å². The van der Waals surface area contributed by atoms with Crippen molar-refractivity contribution in [3.8, 4) is 0 Å². The van der Waals surface area contributed by atoms with Gasteiger partial charge in [-0.15, -0.1) is 0 Å². The van der Waals surface area contributed by atoms with Gasteiger partial charge in [0.1, 0.15) is 6.54 Å². The largest absolute Gasteiger partial charge is 0.480 e. The Morgan fingerprint density at radius 3 is 2.20 bits per heavy atom. The monoisotopic (exact) mass is 370 g/mol. The Bertz CT molecular complexity index is 756. The van der Waals surface area contributed by atoms with E-state index in [0.717, 1.165) is 15.5 Å². The highest BCUT2D eigenvalue weighted by Crippen LogP contribution is 2.21. The highest BCUT2D eigenvalue weighted by atomic mass is 32.2. The standard InChI is InChI=1S/C15H18N2O7S/c1-25(22,23)16(10-13(18)19)6-8-24-9-7-17-14(20)11-4-2-3-5-12(11)15(17)21/h2-5H,6-10H2,1H3,(H,18,19). The van der Waals surface area contributed by atoms with Crippen molar-refractivity contribution in [1.82, 2.24) is 9.21 Å². The van der Waals surface area contributed by atoms with Gasteiger partial charge >= 0.3 is 5.97 Å². The second kappa shape index (κ2) is 7.72. The highest BCUT2D eigenvalue weighted by Gasteiger charge is 2.34. The zero-order valence-electron chi connectivity index (χ0n) is 13.5. The molecule has 2 amide bonds. The van der Waals surface area contributed by atoms with Crippen LogP contribution in [0.15, 0.2) is 24.3 Å². The molecule has 0 bridgehead atoms. The van der Waals surface area contributed by atoms with Gasteiger partial charge in [-0.05, 0) is 12.1 Å². The van der Waals surface area contributed by atoms with Gasteiger partial charge in [-0.25, -0.2) is 8.42 Å². The van der Waals surface area contributed by atoms with E-state index in [1.165, 1.54) is 0 Å². The highest BCUT2D eigenvalue weighted by molar-refractivity contribution is 7.88. The number of carbonyl (C=O) groups is 3. The molecule has 9 nitrogen and oxygen atoms in total. The lowest BCUT2D eigenvalue weighted by molar-refractivity contribution is -0.137. The Balaban J connectivity index is 1.81. The van der Waals surface area contributed by atoms with Crippen molar-refractivity contribution in [3.63, 3.8) is 0 Å². The van der Waals surface area contributed by atoms with Crippen LogP contribution in [0.5, 0.6) is 0 Å². The first kappa shape index (κ1) is 19.0. The summed E-state index contributed by atoms with van der Waals surface area (Å²) in [5.74, 6) is -2.06. The minimum absolute atomic E-state index is 0.0240. The number of nitrogens with zero attached hydrogens (tertiary/aromatic N) is 2. The normalized spacial score (nSPS) is 14.2. The van der Waals surface area contributed by atoms with Crippen LogP contribution in [0, 0.1) is 0 Å². The topological polar surface area (TPSA) is 121 Å². The Hall–Kier alpha value is -2.30. The summed E-state index contributed by atoms with van der Waals surface area (Å²) in [6, 6.07) is 6.50. The molecule has 0 atom stereocenters. The summed E-state index contributed by atoms with van der Waals surface area (Å²) < 4.78 is 29.0. The Kier molecular flexibility index (Phi) is 5.88. The zero-order valence-corrected chi connectivity index (χ0v) is 14.4. The molecule has 2 rings (SSSR count). The first-order chi connectivity index (χ1) is 11.7. The van der Waals surface area contributed by atoms with Crippen LogP contribution in [0.4, 0.5) is 0 Å². The number of amides is 2. The number of sulfonamides is 1. The molecule has 25 heavy (non-hydrogen) atoms. The summed E-state index contributed by atoms with van der Waals surface area (Å²) in [6.07, 6.45) is 0.911. The molecule has 1 N–H and O–H groups in total. The number of benzene rings is 1. The average molecular weight is 370 g/mol. The maximum atomic E-state index is 12.1. The van der Waals surface area contributed by atoms with Gasteiger partial charge in [0, 0.05) is 6.54 Å². The Labute approximate surface area is 144 Å². The third-order valence-electron chi connectivity index (χ3n) is 3.60. The van der Waals surface area contributed by atoms with Crippen LogP contribution in [0.3, 0.4) is 0 Å². The van der Waals surface area contributed by atoms with Crippen LogP contribution < -0.4 is 0 Å². The maximum absolute atomic E-state index is 12.1. The maximum Gasteiger partial charge on any atom is 0.318 e. The third-order valence-corrected chi connectivity index (χ3v) is 4.85. The lowest BCUT2D eigenvalue weighted by Crippen LogP contribution is -2.38. The van der Waals surface area contributed by atoms with Crippen LogP contribution in [-0.2, 0) is 19.6 Å². The number of rotatable bonds is 9. The van der Waals surface area contributed by atoms with Crippen molar-refractivity contribution in [2.75, 3.05) is 39.1 Å². The van der Waals surface area contributed by atoms with E-state index in [-0.39, 0.29) is 26.3 Å². The molecule has 10 heteroatoms. The fraction of sp³-hybridized carbons (Fsp3) is 0.400. The number of aliphatic carboxylic acids is 1. The minimum atomic E-state index is -3.66. The van der Waals surface area contributed by atoms with Gasteiger partial charge in [0.2, 0.25) is 10.0 Å². The summed E-state index contributed by atoms with van der Waals surface area (Å²) in [4.78, 5) is 36.0. The van der Waals surface area contributed by atoms with Crippen LogP contribution in [-0.4, -0.2) is 79.6 Å². The predicted octanol–water partition coefficient (Wildman–Crippen LogP) is -0.355. The lowest BCUT2D eigenvalue weighted by Gasteiger charge is -2.18. The number of carboxylic acid groups (broad SMARTS) is 1. The van der Waals surface area contributed by atoms with Gasteiger partial charge in [0.25, 0.3) is 11.8 Å². The van der Waals surface area contributed by atoms with Gasteiger partial charge in [-0.1, -0.05) is 12.1 Å². The molecule has 0 fully saturated rings. The summed E-state index contributed by atoms with van der Waals surface area (Å²) in [5, 5.41) is 8.71. The van der Waals surface area contributed by atoms with Gasteiger partial charge in [0.15, 0.2) is 0 Å². The number of carbonyl (C=O) groups excluding carboxylic acids is 2. The number of carboxylic acids is 1. The summed E-state index contributed by atoms with van der Waals surface area (Å²) in [5.41, 5.74) is 0.689. The molecule has 0 radical (unpaired) electrons. The lowest BCUT2D eigenvalue weighted by atomic mass is 10.1. The van der Waals surface area contributed by atoms with Gasteiger partial charge in [-0.3, -0.25) is 19.3 Å². The smallest absolute Gasteiger partial charge is 0.318 e. The van der Waals surface area contributed by atoms with E-state index in [1.54, 1.807) is 24.3 Å². The molecule has 1 heterocycles. The van der Waals surface area contributed by atoms with E-state index in [2.05, 4.69) is 0 Å². The first-order valence-electron chi connectivity index (χ1n) is 7.41. The van der Waals surface area contributed by atoms with E-state index in [0.29, 0.717) is 11.1 Å². The Morgan fingerprint density at radius 1 is 1.16 bits per heavy atom.